The minimum atomic E-state index is 0.446. The molecule has 2 unspecified atom stereocenters. The number of ether oxygens (including phenoxy) is 1. The van der Waals surface area contributed by atoms with Gasteiger partial charge in [-0.3, -0.25) is 0 Å². The van der Waals surface area contributed by atoms with Gasteiger partial charge in [0.25, 0.3) is 0 Å². The molecule has 0 aliphatic carbocycles. The summed E-state index contributed by atoms with van der Waals surface area (Å²) in [5, 5.41) is 7.15. The maximum atomic E-state index is 6.13. The van der Waals surface area contributed by atoms with Gasteiger partial charge in [-0.1, -0.05) is 65.2 Å². The van der Waals surface area contributed by atoms with Crippen LogP contribution in [0.3, 0.4) is 0 Å². The van der Waals surface area contributed by atoms with Crippen molar-refractivity contribution in [1.82, 2.24) is 10.6 Å². The Kier molecular flexibility index (Phi) is 14.0. The first kappa shape index (κ1) is 20.9. The fraction of sp³-hybridized carbons (Fsp3) is 1.00. The number of unbranched alkanes of at least 4 members (excludes halogenated alkanes) is 8. The fourth-order valence-corrected chi connectivity index (χ4v) is 3.31. The second-order valence-corrected chi connectivity index (χ2v) is 7.19. The molecular weight excluding hydrogens is 284 g/mol. The normalized spacial score (nSPS) is 21.1. The van der Waals surface area contributed by atoms with Crippen LogP contribution in [0.25, 0.3) is 0 Å². The van der Waals surface area contributed by atoms with Gasteiger partial charge in [0.2, 0.25) is 0 Å². The Hall–Kier alpha value is -0.120. The van der Waals surface area contributed by atoms with Gasteiger partial charge in [0.1, 0.15) is 0 Å². The van der Waals surface area contributed by atoms with Crippen molar-refractivity contribution in [2.75, 3.05) is 26.2 Å². The van der Waals surface area contributed by atoms with Gasteiger partial charge < -0.3 is 15.4 Å². The number of hydrogen-bond donors (Lipinski definition) is 2. The molecule has 1 saturated heterocycles. The van der Waals surface area contributed by atoms with E-state index in [4.69, 9.17) is 4.74 Å². The van der Waals surface area contributed by atoms with E-state index in [-0.39, 0.29) is 0 Å². The fourth-order valence-electron chi connectivity index (χ4n) is 3.31. The lowest BCUT2D eigenvalue weighted by Gasteiger charge is -2.15. The van der Waals surface area contributed by atoms with Crippen LogP contribution in [0.2, 0.25) is 0 Å². The van der Waals surface area contributed by atoms with Crippen molar-refractivity contribution in [3.8, 4) is 0 Å². The molecule has 0 amide bonds. The summed E-state index contributed by atoms with van der Waals surface area (Å²) < 4.78 is 6.13. The molecule has 0 saturated carbocycles. The zero-order valence-corrected chi connectivity index (χ0v) is 15.9. The molecule has 2 atom stereocenters. The molecule has 2 N–H and O–H groups in total. The second-order valence-electron chi connectivity index (χ2n) is 7.19. The molecule has 1 aliphatic rings. The van der Waals surface area contributed by atoms with Crippen molar-refractivity contribution in [2.24, 2.45) is 0 Å². The Bertz CT molecular complexity index is 224. The summed E-state index contributed by atoms with van der Waals surface area (Å²) in [5.74, 6) is 0. The van der Waals surface area contributed by atoms with E-state index in [1.807, 2.05) is 0 Å². The van der Waals surface area contributed by atoms with E-state index >= 15 is 0 Å². The number of rotatable bonds is 16. The summed E-state index contributed by atoms with van der Waals surface area (Å²) in [7, 11) is 0. The second kappa shape index (κ2) is 15.4. The number of nitrogens with one attached hydrogen (secondary N) is 2. The summed E-state index contributed by atoms with van der Waals surface area (Å²) in [5.41, 5.74) is 0. The van der Waals surface area contributed by atoms with E-state index in [1.165, 1.54) is 77.0 Å². The molecule has 0 radical (unpaired) electrons. The molecule has 3 nitrogen and oxygen atoms in total. The van der Waals surface area contributed by atoms with Gasteiger partial charge in [0, 0.05) is 13.1 Å². The highest BCUT2D eigenvalue weighted by molar-refractivity contribution is 4.76. The third-order valence-corrected chi connectivity index (χ3v) is 4.85. The van der Waals surface area contributed by atoms with Gasteiger partial charge in [-0.05, 0) is 38.8 Å². The van der Waals surface area contributed by atoms with E-state index < -0.39 is 0 Å². The molecule has 1 heterocycles. The zero-order chi connectivity index (χ0) is 16.6. The van der Waals surface area contributed by atoms with Crippen LogP contribution in [-0.4, -0.2) is 38.4 Å². The van der Waals surface area contributed by atoms with Crippen LogP contribution in [0.5, 0.6) is 0 Å². The molecule has 23 heavy (non-hydrogen) atoms. The smallest absolute Gasteiger partial charge is 0.0704 e. The van der Waals surface area contributed by atoms with E-state index in [2.05, 4.69) is 24.5 Å². The molecular formula is C20H42N2O. The van der Waals surface area contributed by atoms with Crippen molar-refractivity contribution in [3.05, 3.63) is 0 Å². The van der Waals surface area contributed by atoms with Crippen LogP contribution < -0.4 is 10.6 Å². The Morgan fingerprint density at radius 1 is 0.652 bits per heavy atom. The summed E-state index contributed by atoms with van der Waals surface area (Å²) in [4.78, 5) is 0. The Morgan fingerprint density at radius 2 is 1.09 bits per heavy atom. The Morgan fingerprint density at radius 3 is 1.52 bits per heavy atom. The highest BCUT2D eigenvalue weighted by Gasteiger charge is 2.24. The van der Waals surface area contributed by atoms with Crippen molar-refractivity contribution < 1.29 is 4.74 Å². The SMILES string of the molecule is CCCCCCCNCC1CCC(CNCCCCCCC)O1. The van der Waals surface area contributed by atoms with Gasteiger partial charge in [-0.15, -0.1) is 0 Å². The summed E-state index contributed by atoms with van der Waals surface area (Å²) in [6.07, 6.45) is 16.9. The van der Waals surface area contributed by atoms with Gasteiger partial charge >= 0.3 is 0 Å². The van der Waals surface area contributed by atoms with Crippen LogP contribution in [-0.2, 0) is 4.74 Å². The topological polar surface area (TPSA) is 33.3 Å². The van der Waals surface area contributed by atoms with Crippen LogP contribution >= 0.6 is 0 Å². The van der Waals surface area contributed by atoms with E-state index in [9.17, 15) is 0 Å². The average Bonchev–Trinajstić information content (AvgIpc) is 3.01. The molecule has 1 fully saturated rings. The van der Waals surface area contributed by atoms with Crippen LogP contribution in [0.4, 0.5) is 0 Å². The predicted molar refractivity (Wildman–Crippen MR) is 101 cm³/mol. The van der Waals surface area contributed by atoms with E-state index in [0.717, 1.165) is 26.2 Å². The lowest BCUT2D eigenvalue weighted by Crippen LogP contribution is -2.31. The molecule has 0 aromatic heterocycles. The van der Waals surface area contributed by atoms with E-state index in [1.54, 1.807) is 0 Å². The first-order valence-corrected chi connectivity index (χ1v) is 10.4. The lowest BCUT2D eigenvalue weighted by molar-refractivity contribution is 0.0458. The average molecular weight is 327 g/mol. The molecule has 138 valence electrons. The maximum Gasteiger partial charge on any atom is 0.0704 e. The van der Waals surface area contributed by atoms with Crippen LogP contribution in [0.15, 0.2) is 0 Å². The maximum absolute atomic E-state index is 6.13. The van der Waals surface area contributed by atoms with Crippen molar-refractivity contribution in [2.45, 2.75) is 103 Å². The standard InChI is InChI=1S/C20H42N2O/c1-3-5-7-9-11-15-21-17-19-13-14-20(23-19)18-22-16-12-10-8-6-4-2/h19-22H,3-18H2,1-2H3. The molecule has 0 spiro atoms. The first-order chi connectivity index (χ1) is 11.4. The predicted octanol–water partition coefficient (Wildman–Crippen LogP) is 4.65. The summed E-state index contributed by atoms with van der Waals surface area (Å²) >= 11 is 0. The lowest BCUT2D eigenvalue weighted by atomic mass is 10.1. The van der Waals surface area contributed by atoms with Gasteiger partial charge in [0.15, 0.2) is 0 Å². The van der Waals surface area contributed by atoms with Crippen LogP contribution in [0, 0.1) is 0 Å². The van der Waals surface area contributed by atoms with Gasteiger partial charge in [-0.2, -0.15) is 0 Å². The highest BCUT2D eigenvalue weighted by Crippen LogP contribution is 2.18. The molecule has 0 aromatic rings. The quantitative estimate of drug-likeness (QED) is 0.405. The Labute approximate surface area is 145 Å². The molecule has 1 aliphatic heterocycles. The summed E-state index contributed by atoms with van der Waals surface area (Å²) in [6.45, 7) is 8.94. The monoisotopic (exact) mass is 326 g/mol. The first-order valence-electron chi connectivity index (χ1n) is 10.4. The number of hydrogen-bond acceptors (Lipinski definition) is 3. The van der Waals surface area contributed by atoms with E-state index in [0.29, 0.717) is 12.2 Å². The largest absolute Gasteiger partial charge is 0.372 e. The molecule has 0 aromatic carbocycles. The van der Waals surface area contributed by atoms with Gasteiger partial charge in [-0.25, -0.2) is 0 Å². The third-order valence-electron chi connectivity index (χ3n) is 4.85. The molecule has 0 bridgehead atoms. The third kappa shape index (κ3) is 12.0. The van der Waals surface area contributed by atoms with Crippen LogP contribution in [0.1, 0.15) is 90.9 Å². The molecule has 3 heteroatoms. The van der Waals surface area contributed by atoms with Gasteiger partial charge in [0.05, 0.1) is 12.2 Å². The van der Waals surface area contributed by atoms with Crippen molar-refractivity contribution in [3.63, 3.8) is 0 Å². The minimum absolute atomic E-state index is 0.446. The highest BCUT2D eigenvalue weighted by atomic mass is 16.5. The minimum Gasteiger partial charge on any atom is -0.372 e. The summed E-state index contributed by atoms with van der Waals surface area (Å²) in [6, 6.07) is 0. The molecule has 1 rings (SSSR count). The Balaban J connectivity index is 1.85. The van der Waals surface area contributed by atoms with Crippen molar-refractivity contribution in [1.29, 1.82) is 0 Å². The zero-order valence-electron chi connectivity index (χ0n) is 15.9. The van der Waals surface area contributed by atoms with Crippen molar-refractivity contribution >= 4 is 0 Å².